The number of nitrogens with one attached hydrogen (secondary N) is 1. The summed E-state index contributed by atoms with van der Waals surface area (Å²) >= 11 is 1.23. The van der Waals surface area contributed by atoms with Gasteiger partial charge in [0.05, 0.1) is 5.75 Å². The highest BCUT2D eigenvalue weighted by Gasteiger charge is 2.06. The van der Waals surface area contributed by atoms with E-state index in [1.165, 1.54) is 42.4 Å². The fourth-order valence-electron chi connectivity index (χ4n) is 1.43. The lowest BCUT2D eigenvalue weighted by atomic mass is 10.3. The van der Waals surface area contributed by atoms with E-state index >= 15 is 0 Å². The summed E-state index contributed by atoms with van der Waals surface area (Å²) in [5, 5.41) is 4.42. The number of hydrogen-bond acceptors (Lipinski definition) is 6. The van der Waals surface area contributed by atoms with Crippen LogP contribution in [-0.4, -0.2) is 27.3 Å². The molecule has 0 saturated carbocycles. The Kier molecular flexibility index (Phi) is 6.04. The first-order valence-corrected chi connectivity index (χ1v) is 7.69. The second kappa shape index (κ2) is 8.23. The number of rotatable bonds is 6. The highest BCUT2D eigenvalue weighted by molar-refractivity contribution is 7.99. The van der Waals surface area contributed by atoms with Crippen molar-refractivity contribution in [1.82, 2.24) is 15.4 Å². The number of hydrogen-bond donors (Lipinski definition) is 1. The van der Waals surface area contributed by atoms with Gasteiger partial charge in [-0.3, -0.25) is 4.79 Å². The van der Waals surface area contributed by atoms with Gasteiger partial charge in [0.2, 0.25) is 11.8 Å². The molecule has 2 rings (SSSR count). The second-order valence-electron chi connectivity index (χ2n) is 4.63. The third kappa shape index (κ3) is 6.03. The molecule has 23 heavy (non-hydrogen) atoms. The van der Waals surface area contributed by atoms with Crippen molar-refractivity contribution in [3.05, 3.63) is 42.5 Å². The Morgan fingerprint density at radius 2 is 2.04 bits per heavy atom. The maximum Gasteiger partial charge on any atom is 0.250 e. The van der Waals surface area contributed by atoms with Crippen LogP contribution in [0.5, 0.6) is 11.6 Å². The maximum absolute atomic E-state index is 12.8. The molecular weight excluding hydrogens is 319 g/mol. The van der Waals surface area contributed by atoms with Crippen LogP contribution < -0.4 is 10.2 Å². The van der Waals surface area contributed by atoms with Gasteiger partial charge >= 0.3 is 0 Å². The largest absolute Gasteiger partial charge is 0.439 e. The number of nitrogens with zero attached hydrogens (tertiary/aromatic N) is 3. The fraction of sp³-hybridized carbons (Fsp3) is 0.200. The van der Waals surface area contributed by atoms with E-state index in [1.807, 2.05) is 0 Å². The summed E-state index contributed by atoms with van der Waals surface area (Å²) in [6.07, 6.45) is 1.34. The Hall–Kier alpha value is -2.48. The quantitative estimate of drug-likeness (QED) is 0.380. The van der Waals surface area contributed by atoms with Crippen LogP contribution >= 0.6 is 11.8 Å². The summed E-state index contributed by atoms with van der Waals surface area (Å²) in [4.78, 5) is 19.6. The molecule has 0 aliphatic carbocycles. The maximum atomic E-state index is 12.8. The van der Waals surface area contributed by atoms with Gasteiger partial charge in [-0.15, -0.1) is 0 Å². The van der Waals surface area contributed by atoms with Crippen LogP contribution in [-0.2, 0) is 4.79 Å². The lowest BCUT2D eigenvalue weighted by Crippen LogP contribution is -2.20. The summed E-state index contributed by atoms with van der Waals surface area (Å²) in [5.41, 5.74) is 3.19. The average molecular weight is 334 g/mol. The van der Waals surface area contributed by atoms with E-state index in [9.17, 15) is 9.18 Å². The zero-order valence-electron chi connectivity index (χ0n) is 12.6. The third-order valence-electron chi connectivity index (χ3n) is 2.41. The highest BCUT2D eigenvalue weighted by Crippen LogP contribution is 2.23. The first-order chi connectivity index (χ1) is 11.0. The Balaban J connectivity index is 1.93. The van der Waals surface area contributed by atoms with Crippen molar-refractivity contribution in [3.63, 3.8) is 0 Å². The Bertz CT molecular complexity index is 703. The van der Waals surface area contributed by atoms with E-state index in [4.69, 9.17) is 4.74 Å². The summed E-state index contributed by atoms with van der Waals surface area (Å²) in [7, 11) is 0. The number of halogens is 1. The Morgan fingerprint density at radius 3 is 2.74 bits per heavy atom. The zero-order valence-corrected chi connectivity index (χ0v) is 13.4. The molecule has 0 radical (unpaired) electrons. The molecular formula is C15H15FN4O2S. The van der Waals surface area contributed by atoms with Gasteiger partial charge in [0.25, 0.3) is 0 Å². The SMILES string of the molecule is CC(C)=NNC(=O)CSc1cc(Oc2ccc(F)cc2)ncn1. The second-order valence-corrected chi connectivity index (χ2v) is 5.63. The molecule has 0 bridgehead atoms. The van der Waals surface area contributed by atoms with Crippen LogP contribution in [0, 0.1) is 5.82 Å². The summed E-state index contributed by atoms with van der Waals surface area (Å²) in [6, 6.07) is 7.21. The third-order valence-corrected chi connectivity index (χ3v) is 3.33. The zero-order chi connectivity index (χ0) is 16.7. The minimum Gasteiger partial charge on any atom is -0.439 e. The average Bonchev–Trinajstić information content (AvgIpc) is 2.53. The number of ether oxygens (including phenoxy) is 1. The molecule has 0 unspecified atom stereocenters. The number of carbonyl (C=O) groups is 1. The fourth-order valence-corrected chi connectivity index (χ4v) is 2.08. The van der Waals surface area contributed by atoms with Gasteiger partial charge in [-0.1, -0.05) is 11.8 Å². The molecule has 2 aromatic rings. The lowest BCUT2D eigenvalue weighted by Gasteiger charge is -2.05. The molecule has 1 N–H and O–H groups in total. The summed E-state index contributed by atoms with van der Waals surface area (Å²) in [5.74, 6) is 0.385. The summed E-state index contributed by atoms with van der Waals surface area (Å²) < 4.78 is 18.4. The van der Waals surface area contributed by atoms with Crippen molar-refractivity contribution in [2.45, 2.75) is 18.9 Å². The molecule has 0 spiro atoms. The number of thioether (sulfide) groups is 1. The van der Waals surface area contributed by atoms with Crippen molar-refractivity contribution < 1.29 is 13.9 Å². The van der Waals surface area contributed by atoms with Crippen LogP contribution in [0.4, 0.5) is 4.39 Å². The molecule has 6 nitrogen and oxygen atoms in total. The molecule has 0 fully saturated rings. The highest BCUT2D eigenvalue weighted by atomic mass is 32.2. The molecule has 0 atom stereocenters. The topological polar surface area (TPSA) is 76.5 Å². The van der Waals surface area contributed by atoms with Gasteiger partial charge in [-0.2, -0.15) is 5.10 Å². The molecule has 1 aromatic heterocycles. The molecule has 1 aromatic carbocycles. The predicted molar refractivity (Wildman–Crippen MR) is 86.2 cm³/mol. The first-order valence-electron chi connectivity index (χ1n) is 6.71. The minimum atomic E-state index is -0.340. The molecule has 0 aliphatic rings. The van der Waals surface area contributed by atoms with E-state index < -0.39 is 0 Å². The van der Waals surface area contributed by atoms with Crippen molar-refractivity contribution in [3.8, 4) is 11.6 Å². The van der Waals surface area contributed by atoms with Gasteiger partial charge < -0.3 is 4.74 Å². The van der Waals surface area contributed by atoms with E-state index in [1.54, 1.807) is 19.9 Å². The normalized spacial score (nSPS) is 10.0. The molecule has 1 amide bonds. The van der Waals surface area contributed by atoms with E-state index in [-0.39, 0.29) is 17.5 Å². The van der Waals surface area contributed by atoms with Gasteiger partial charge in [0.1, 0.15) is 22.9 Å². The van der Waals surface area contributed by atoms with Crippen molar-refractivity contribution in [2.24, 2.45) is 5.10 Å². The van der Waals surface area contributed by atoms with E-state index in [0.717, 1.165) is 5.71 Å². The van der Waals surface area contributed by atoms with E-state index in [2.05, 4.69) is 20.5 Å². The predicted octanol–water partition coefficient (Wildman–Crippen LogP) is 3.01. The number of aromatic nitrogens is 2. The van der Waals surface area contributed by atoms with Crippen LogP contribution in [0.15, 0.2) is 46.8 Å². The smallest absolute Gasteiger partial charge is 0.250 e. The first kappa shape index (κ1) is 16.9. The number of amides is 1. The Morgan fingerprint density at radius 1 is 1.30 bits per heavy atom. The lowest BCUT2D eigenvalue weighted by molar-refractivity contribution is -0.118. The standard InChI is InChI=1S/C15H15FN4O2S/c1-10(2)19-20-13(21)8-23-15-7-14(17-9-18-15)22-12-5-3-11(16)4-6-12/h3-7,9H,8H2,1-2H3,(H,20,21). The number of carbonyl (C=O) groups excluding carboxylic acids is 1. The molecule has 0 aliphatic heterocycles. The minimum absolute atomic E-state index is 0.170. The van der Waals surface area contributed by atoms with Crippen LogP contribution in [0.2, 0.25) is 0 Å². The van der Waals surface area contributed by atoms with Gasteiger partial charge in [0.15, 0.2) is 0 Å². The number of hydrazone groups is 1. The molecule has 8 heteroatoms. The molecule has 120 valence electrons. The monoisotopic (exact) mass is 334 g/mol. The Labute approximate surface area is 137 Å². The van der Waals surface area contributed by atoms with E-state index in [0.29, 0.717) is 16.7 Å². The number of benzene rings is 1. The van der Waals surface area contributed by atoms with Crippen molar-refractivity contribution in [2.75, 3.05) is 5.75 Å². The van der Waals surface area contributed by atoms with Crippen molar-refractivity contribution >= 4 is 23.4 Å². The van der Waals surface area contributed by atoms with Crippen LogP contribution in [0.3, 0.4) is 0 Å². The van der Waals surface area contributed by atoms with Crippen molar-refractivity contribution in [1.29, 1.82) is 0 Å². The van der Waals surface area contributed by atoms with Crippen LogP contribution in [0.1, 0.15) is 13.8 Å². The van der Waals surface area contributed by atoms with Gasteiger partial charge in [-0.05, 0) is 38.1 Å². The van der Waals surface area contributed by atoms with Gasteiger partial charge in [-0.25, -0.2) is 19.8 Å². The summed E-state index contributed by atoms with van der Waals surface area (Å²) in [6.45, 7) is 3.58. The van der Waals surface area contributed by atoms with Gasteiger partial charge in [0, 0.05) is 11.8 Å². The van der Waals surface area contributed by atoms with Crippen LogP contribution in [0.25, 0.3) is 0 Å². The molecule has 1 heterocycles. The molecule has 0 saturated heterocycles.